The quantitative estimate of drug-likeness (QED) is 0.883. The molecule has 1 unspecified atom stereocenters. The zero-order valence-corrected chi connectivity index (χ0v) is 12.7. The molecular weight excluding hydrogens is 282 g/mol. The molecule has 118 valence electrons. The van der Waals surface area contributed by atoms with E-state index in [2.05, 4.69) is 10.2 Å². The molecule has 0 saturated heterocycles. The van der Waals surface area contributed by atoms with Crippen molar-refractivity contribution in [2.75, 3.05) is 19.5 Å². The Kier molecular flexibility index (Phi) is 4.58. The van der Waals surface area contributed by atoms with E-state index < -0.39 is 0 Å². The third kappa shape index (κ3) is 3.39. The van der Waals surface area contributed by atoms with Gasteiger partial charge in [0.05, 0.1) is 6.10 Å². The van der Waals surface area contributed by atoms with E-state index in [9.17, 15) is 0 Å². The molecule has 0 aliphatic heterocycles. The number of nitrogens with two attached hydrogens (primary N) is 1. The van der Waals surface area contributed by atoms with Crippen molar-refractivity contribution in [2.45, 2.75) is 31.8 Å². The molecule has 0 amide bonds. The lowest BCUT2D eigenvalue weighted by Crippen LogP contribution is -2.27. The van der Waals surface area contributed by atoms with Gasteiger partial charge in [-0.25, -0.2) is 0 Å². The predicted octanol–water partition coefficient (Wildman–Crippen LogP) is 2.90. The number of hydrogen-bond donors (Lipinski definition) is 1. The monoisotopic (exact) mass is 303 g/mol. The topological polar surface area (TPSA) is 83.4 Å². The molecule has 3 rings (SSSR count). The lowest BCUT2D eigenvalue weighted by Gasteiger charge is -2.22. The minimum atomic E-state index is 0.0647. The fourth-order valence-electron chi connectivity index (χ4n) is 2.95. The number of rotatable bonds is 6. The number of nitrogen functional groups attached to an aromatic ring is 1. The van der Waals surface area contributed by atoms with Crippen molar-refractivity contribution in [3.05, 3.63) is 24.3 Å². The molecule has 2 N–H and O–H groups in total. The van der Waals surface area contributed by atoms with E-state index in [0.717, 1.165) is 11.3 Å². The second kappa shape index (κ2) is 6.79. The summed E-state index contributed by atoms with van der Waals surface area (Å²) in [7, 11) is 1.76. The van der Waals surface area contributed by atoms with Gasteiger partial charge in [-0.3, -0.25) is 0 Å². The molecule has 1 atom stereocenters. The van der Waals surface area contributed by atoms with Gasteiger partial charge in [0.1, 0.15) is 12.4 Å². The SMILES string of the molecule is COC(COc1ccc(-c2nnc(N)o2)cc1)C1CCCC1. The Bertz CT molecular complexity index is 591. The minimum Gasteiger partial charge on any atom is -0.491 e. The Hall–Kier alpha value is -2.08. The fraction of sp³-hybridized carbons (Fsp3) is 0.500. The second-order valence-electron chi connectivity index (χ2n) is 5.60. The molecule has 1 heterocycles. The van der Waals surface area contributed by atoms with E-state index in [1.807, 2.05) is 24.3 Å². The molecule has 1 aliphatic rings. The highest BCUT2D eigenvalue weighted by molar-refractivity contribution is 5.54. The number of nitrogens with zero attached hydrogens (tertiary/aromatic N) is 2. The maximum atomic E-state index is 5.85. The van der Waals surface area contributed by atoms with Gasteiger partial charge in [-0.15, -0.1) is 5.10 Å². The molecule has 22 heavy (non-hydrogen) atoms. The van der Waals surface area contributed by atoms with E-state index in [4.69, 9.17) is 19.6 Å². The first-order chi connectivity index (χ1) is 10.8. The summed E-state index contributed by atoms with van der Waals surface area (Å²) < 4.78 is 16.6. The average Bonchev–Trinajstić information content (AvgIpc) is 3.20. The van der Waals surface area contributed by atoms with E-state index in [1.54, 1.807) is 7.11 Å². The van der Waals surface area contributed by atoms with Crippen LogP contribution in [0.15, 0.2) is 28.7 Å². The van der Waals surface area contributed by atoms with Gasteiger partial charge >= 0.3 is 6.01 Å². The Morgan fingerprint density at radius 2 is 1.95 bits per heavy atom. The van der Waals surface area contributed by atoms with Crippen molar-refractivity contribution < 1.29 is 13.9 Å². The van der Waals surface area contributed by atoms with Crippen LogP contribution in [0.1, 0.15) is 25.7 Å². The van der Waals surface area contributed by atoms with Crippen LogP contribution in [0.3, 0.4) is 0 Å². The molecule has 6 nitrogen and oxygen atoms in total. The summed E-state index contributed by atoms with van der Waals surface area (Å²) in [5, 5.41) is 7.50. The zero-order valence-electron chi connectivity index (χ0n) is 12.7. The molecule has 2 aromatic rings. The van der Waals surface area contributed by atoms with Gasteiger partial charge in [0.25, 0.3) is 0 Å². The van der Waals surface area contributed by atoms with Crippen molar-refractivity contribution >= 4 is 6.01 Å². The second-order valence-corrected chi connectivity index (χ2v) is 5.60. The normalized spacial score (nSPS) is 16.8. The van der Waals surface area contributed by atoms with Crippen molar-refractivity contribution in [3.8, 4) is 17.2 Å². The molecule has 1 saturated carbocycles. The largest absolute Gasteiger partial charge is 0.491 e. The lowest BCUT2D eigenvalue weighted by atomic mass is 10.0. The van der Waals surface area contributed by atoms with Crippen LogP contribution in [0.4, 0.5) is 6.01 Å². The summed E-state index contributed by atoms with van der Waals surface area (Å²) in [5.41, 5.74) is 6.24. The van der Waals surface area contributed by atoms with Crippen molar-refractivity contribution in [1.82, 2.24) is 10.2 Å². The Labute approximate surface area is 129 Å². The van der Waals surface area contributed by atoms with Crippen LogP contribution in [0, 0.1) is 5.92 Å². The van der Waals surface area contributed by atoms with Gasteiger partial charge in [0.15, 0.2) is 0 Å². The van der Waals surface area contributed by atoms with Crippen molar-refractivity contribution in [3.63, 3.8) is 0 Å². The van der Waals surface area contributed by atoms with Crippen molar-refractivity contribution in [2.24, 2.45) is 5.92 Å². The van der Waals surface area contributed by atoms with Crippen LogP contribution in [0.2, 0.25) is 0 Å². The third-order valence-corrected chi connectivity index (χ3v) is 4.18. The fourth-order valence-corrected chi connectivity index (χ4v) is 2.95. The summed E-state index contributed by atoms with van der Waals surface area (Å²) in [5.74, 6) is 1.83. The standard InChI is InChI=1S/C16H21N3O3/c1-20-14(11-4-2-3-5-11)10-21-13-8-6-12(7-9-13)15-18-19-16(17)22-15/h6-9,11,14H,2-5,10H2,1H3,(H2,17,19). The highest BCUT2D eigenvalue weighted by Gasteiger charge is 2.25. The van der Waals surface area contributed by atoms with Gasteiger partial charge in [-0.1, -0.05) is 17.9 Å². The first-order valence-corrected chi connectivity index (χ1v) is 7.61. The number of aromatic nitrogens is 2. The molecule has 1 fully saturated rings. The molecule has 1 aliphatic carbocycles. The van der Waals surface area contributed by atoms with Crippen LogP contribution in [-0.2, 0) is 4.74 Å². The smallest absolute Gasteiger partial charge is 0.313 e. The number of ether oxygens (including phenoxy) is 2. The number of anilines is 1. The molecule has 6 heteroatoms. The van der Waals surface area contributed by atoms with Gasteiger partial charge < -0.3 is 19.6 Å². The predicted molar refractivity (Wildman–Crippen MR) is 82.4 cm³/mol. The van der Waals surface area contributed by atoms with Crippen LogP contribution >= 0.6 is 0 Å². The Balaban J connectivity index is 1.58. The van der Waals surface area contributed by atoms with Gasteiger partial charge in [-0.05, 0) is 43.0 Å². The van der Waals surface area contributed by atoms with Crippen molar-refractivity contribution in [1.29, 1.82) is 0 Å². The molecular formula is C16H21N3O3. The third-order valence-electron chi connectivity index (χ3n) is 4.18. The summed E-state index contributed by atoms with van der Waals surface area (Å²) in [6, 6.07) is 7.59. The van der Waals surface area contributed by atoms with Crippen LogP contribution in [-0.4, -0.2) is 30.0 Å². The van der Waals surface area contributed by atoms with Crippen LogP contribution in [0.5, 0.6) is 5.75 Å². The highest BCUT2D eigenvalue weighted by atomic mass is 16.5. The maximum absolute atomic E-state index is 5.85. The Morgan fingerprint density at radius 1 is 1.23 bits per heavy atom. The molecule has 0 radical (unpaired) electrons. The van der Waals surface area contributed by atoms with E-state index in [-0.39, 0.29) is 12.1 Å². The van der Waals surface area contributed by atoms with Gasteiger partial charge in [0, 0.05) is 12.7 Å². The number of benzene rings is 1. The summed E-state index contributed by atoms with van der Waals surface area (Å²) in [6.45, 7) is 0.577. The first-order valence-electron chi connectivity index (χ1n) is 7.61. The number of hydrogen-bond acceptors (Lipinski definition) is 6. The minimum absolute atomic E-state index is 0.0647. The molecule has 0 spiro atoms. The summed E-state index contributed by atoms with van der Waals surface area (Å²) in [4.78, 5) is 0. The Morgan fingerprint density at radius 3 is 2.55 bits per heavy atom. The molecule has 1 aromatic heterocycles. The zero-order chi connectivity index (χ0) is 15.4. The van der Waals surface area contributed by atoms with Crippen LogP contribution < -0.4 is 10.5 Å². The average molecular weight is 303 g/mol. The van der Waals surface area contributed by atoms with Gasteiger partial charge in [0.2, 0.25) is 5.89 Å². The van der Waals surface area contributed by atoms with Gasteiger partial charge in [-0.2, -0.15) is 0 Å². The first kappa shape index (κ1) is 14.8. The molecule has 1 aromatic carbocycles. The summed E-state index contributed by atoms with van der Waals surface area (Å²) in [6.07, 6.45) is 5.23. The lowest BCUT2D eigenvalue weighted by molar-refractivity contribution is 0.0173. The highest BCUT2D eigenvalue weighted by Crippen LogP contribution is 2.29. The summed E-state index contributed by atoms with van der Waals surface area (Å²) >= 11 is 0. The maximum Gasteiger partial charge on any atom is 0.313 e. The van der Waals surface area contributed by atoms with E-state index in [1.165, 1.54) is 25.7 Å². The molecule has 0 bridgehead atoms. The van der Waals surface area contributed by atoms with E-state index >= 15 is 0 Å². The van der Waals surface area contributed by atoms with E-state index in [0.29, 0.717) is 18.4 Å². The number of methoxy groups -OCH3 is 1. The van der Waals surface area contributed by atoms with Crippen LogP contribution in [0.25, 0.3) is 11.5 Å².